The number of sulfone groups is 1. The van der Waals surface area contributed by atoms with Gasteiger partial charge < -0.3 is 10.6 Å². The van der Waals surface area contributed by atoms with Gasteiger partial charge in [0.05, 0.1) is 18.1 Å². The molecule has 1 saturated heterocycles. The van der Waals surface area contributed by atoms with E-state index in [1.54, 1.807) is 0 Å². The summed E-state index contributed by atoms with van der Waals surface area (Å²) in [5.41, 5.74) is 1.24. The first kappa shape index (κ1) is 20.7. The maximum Gasteiger partial charge on any atom is 0.191 e. The Morgan fingerprint density at radius 3 is 2.42 bits per heavy atom. The molecular weight excluding hydrogens is 348 g/mol. The van der Waals surface area contributed by atoms with Crippen molar-refractivity contribution in [3.05, 3.63) is 35.9 Å². The number of rotatable bonds is 7. The van der Waals surface area contributed by atoms with Crippen molar-refractivity contribution in [3.8, 4) is 0 Å². The van der Waals surface area contributed by atoms with E-state index in [0.717, 1.165) is 25.6 Å². The molecular formula is C19H32N4O2S. The second-order valence-corrected chi connectivity index (χ2v) is 9.67. The fraction of sp³-hybridized carbons (Fsp3) is 0.632. The van der Waals surface area contributed by atoms with Gasteiger partial charge in [-0.1, -0.05) is 44.2 Å². The molecule has 0 aliphatic carbocycles. The van der Waals surface area contributed by atoms with Gasteiger partial charge in [0.2, 0.25) is 0 Å². The normalized spacial score (nSPS) is 18.5. The van der Waals surface area contributed by atoms with Crippen molar-refractivity contribution >= 4 is 15.8 Å². The van der Waals surface area contributed by atoms with Crippen molar-refractivity contribution in [2.75, 3.05) is 50.8 Å². The zero-order valence-corrected chi connectivity index (χ0v) is 17.0. The van der Waals surface area contributed by atoms with Crippen molar-refractivity contribution < 1.29 is 8.42 Å². The predicted molar refractivity (Wildman–Crippen MR) is 109 cm³/mol. The highest BCUT2D eigenvalue weighted by molar-refractivity contribution is 7.91. The van der Waals surface area contributed by atoms with Crippen LogP contribution in [0.3, 0.4) is 0 Å². The quantitative estimate of drug-likeness (QED) is 0.550. The summed E-state index contributed by atoms with van der Waals surface area (Å²) >= 11 is 0. The Labute approximate surface area is 158 Å². The van der Waals surface area contributed by atoms with Crippen molar-refractivity contribution in [2.45, 2.75) is 26.2 Å². The lowest BCUT2D eigenvalue weighted by Gasteiger charge is -2.27. The summed E-state index contributed by atoms with van der Waals surface area (Å²) in [6, 6.07) is 10.4. The number of nitrogens with zero attached hydrogens (tertiary/aromatic N) is 2. The van der Waals surface area contributed by atoms with Gasteiger partial charge in [-0.2, -0.15) is 0 Å². The maximum atomic E-state index is 11.5. The highest BCUT2D eigenvalue weighted by Crippen LogP contribution is 2.22. The van der Waals surface area contributed by atoms with Crippen LogP contribution in [0.15, 0.2) is 35.3 Å². The molecule has 26 heavy (non-hydrogen) atoms. The van der Waals surface area contributed by atoms with Crippen LogP contribution in [0.25, 0.3) is 0 Å². The summed E-state index contributed by atoms with van der Waals surface area (Å²) in [6.45, 7) is 10.8. The molecule has 0 amide bonds. The average Bonchev–Trinajstić information content (AvgIpc) is 2.62. The number of nitrogens with one attached hydrogen (secondary N) is 2. The summed E-state index contributed by atoms with van der Waals surface area (Å²) in [5, 5.41) is 6.64. The number of hydrogen-bond acceptors (Lipinski definition) is 4. The van der Waals surface area contributed by atoms with E-state index < -0.39 is 9.84 Å². The van der Waals surface area contributed by atoms with Crippen molar-refractivity contribution in [3.63, 3.8) is 0 Å². The van der Waals surface area contributed by atoms with Crippen LogP contribution in [0, 0.1) is 0 Å². The number of hydrogen-bond donors (Lipinski definition) is 2. The zero-order valence-electron chi connectivity index (χ0n) is 16.2. The minimum absolute atomic E-state index is 0.0369. The molecule has 0 bridgehead atoms. The highest BCUT2D eigenvalue weighted by atomic mass is 32.2. The minimum Gasteiger partial charge on any atom is -0.357 e. The van der Waals surface area contributed by atoms with Crippen molar-refractivity contribution in [2.24, 2.45) is 4.99 Å². The largest absolute Gasteiger partial charge is 0.357 e. The Morgan fingerprint density at radius 1 is 1.15 bits per heavy atom. The third-order valence-corrected chi connectivity index (χ3v) is 6.30. The maximum absolute atomic E-state index is 11.5. The van der Waals surface area contributed by atoms with Gasteiger partial charge >= 0.3 is 0 Å². The van der Waals surface area contributed by atoms with Gasteiger partial charge in [0.1, 0.15) is 0 Å². The van der Waals surface area contributed by atoms with Crippen LogP contribution >= 0.6 is 0 Å². The van der Waals surface area contributed by atoms with Crippen LogP contribution in [0.2, 0.25) is 0 Å². The fourth-order valence-electron chi connectivity index (χ4n) is 2.91. The summed E-state index contributed by atoms with van der Waals surface area (Å²) < 4.78 is 23.0. The van der Waals surface area contributed by atoms with Crippen LogP contribution in [-0.2, 0) is 15.3 Å². The molecule has 0 atom stereocenters. The van der Waals surface area contributed by atoms with Crippen LogP contribution < -0.4 is 10.6 Å². The monoisotopic (exact) mass is 380 g/mol. The van der Waals surface area contributed by atoms with Gasteiger partial charge in [-0.05, 0) is 12.5 Å². The van der Waals surface area contributed by atoms with Crippen LogP contribution in [0.5, 0.6) is 0 Å². The lowest BCUT2D eigenvalue weighted by Crippen LogP contribution is -2.46. The molecule has 2 rings (SSSR count). The molecule has 0 saturated carbocycles. The van der Waals surface area contributed by atoms with Crippen LogP contribution in [-0.4, -0.2) is 70.1 Å². The molecule has 0 radical (unpaired) electrons. The SMILES string of the molecule is CCNC(=NCC(C)(C)c1ccccc1)NCCN1CCS(=O)(=O)CC1. The Balaban J connectivity index is 1.85. The first-order valence-electron chi connectivity index (χ1n) is 9.33. The summed E-state index contributed by atoms with van der Waals surface area (Å²) in [4.78, 5) is 6.93. The third-order valence-electron chi connectivity index (χ3n) is 4.69. The number of aliphatic imine (C=N–C) groups is 1. The average molecular weight is 381 g/mol. The molecule has 1 aliphatic rings. The van der Waals surface area contributed by atoms with E-state index in [1.807, 2.05) is 6.07 Å². The molecule has 1 aromatic carbocycles. The van der Waals surface area contributed by atoms with Gasteiger partial charge in [-0.15, -0.1) is 0 Å². The molecule has 0 aromatic heterocycles. The zero-order chi connectivity index (χ0) is 19.0. The molecule has 7 heteroatoms. The van der Waals surface area contributed by atoms with E-state index in [4.69, 9.17) is 4.99 Å². The van der Waals surface area contributed by atoms with Gasteiger partial charge in [0.25, 0.3) is 0 Å². The molecule has 2 N–H and O–H groups in total. The Morgan fingerprint density at radius 2 is 1.81 bits per heavy atom. The Bertz CT molecular complexity index is 673. The Hall–Kier alpha value is -1.60. The van der Waals surface area contributed by atoms with Crippen LogP contribution in [0.1, 0.15) is 26.3 Å². The number of benzene rings is 1. The standard InChI is InChI=1S/C19H32N4O2S/c1-4-20-18(21-10-11-23-12-14-26(24,25)15-13-23)22-16-19(2,3)17-8-6-5-7-9-17/h5-9H,4,10-16H2,1-3H3,(H2,20,21,22). The van der Waals surface area contributed by atoms with Crippen molar-refractivity contribution in [1.82, 2.24) is 15.5 Å². The predicted octanol–water partition coefficient (Wildman–Crippen LogP) is 1.25. The molecule has 1 aliphatic heterocycles. The summed E-state index contributed by atoms with van der Waals surface area (Å²) in [6.07, 6.45) is 0. The van der Waals surface area contributed by atoms with Gasteiger partial charge in [-0.25, -0.2) is 8.42 Å². The molecule has 6 nitrogen and oxygen atoms in total. The van der Waals surface area contributed by atoms with Gasteiger partial charge in [-0.3, -0.25) is 9.89 Å². The molecule has 0 unspecified atom stereocenters. The minimum atomic E-state index is -2.82. The summed E-state index contributed by atoms with van der Waals surface area (Å²) in [5.74, 6) is 1.35. The van der Waals surface area contributed by atoms with E-state index in [-0.39, 0.29) is 16.9 Å². The van der Waals surface area contributed by atoms with E-state index in [1.165, 1.54) is 5.56 Å². The topological polar surface area (TPSA) is 73.8 Å². The van der Waals surface area contributed by atoms with Crippen LogP contribution in [0.4, 0.5) is 0 Å². The molecule has 0 spiro atoms. The molecule has 1 heterocycles. The van der Waals surface area contributed by atoms with Gasteiger partial charge in [0, 0.05) is 38.1 Å². The number of guanidine groups is 1. The smallest absolute Gasteiger partial charge is 0.191 e. The molecule has 1 aromatic rings. The van der Waals surface area contributed by atoms with E-state index in [2.05, 4.69) is 60.6 Å². The lowest BCUT2D eigenvalue weighted by molar-refractivity contribution is 0.299. The van der Waals surface area contributed by atoms with E-state index in [9.17, 15) is 8.42 Å². The Kier molecular flexibility index (Phi) is 7.46. The fourth-order valence-corrected chi connectivity index (χ4v) is 4.18. The molecule has 146 valence electrons. The summed E-state index contributed by atoms with van der Waals surface area (Å²) in [7, 11) is -2.82. The lowest BCUT2D eigenvalue weighted by atomic mass is 9.85. The van der Waals surface area contributed by atoms with Crippen molar-refractivity contribution in [1.29, 1.82) is 0 Å². The first-order valence-corrected chi connectivity index (χ1v) is 11.1. The second-order valence-electron chi connectivity index (χ2n) is 7.37. The van der Waals surface area contributed by atoms with E-state index in [0.29, 0.717) is 19.6 Å². The molecule has 1 fully saturated rings. The van der Waals surface area contributed by atoms with Gasteiger partial charge in [0.15, 0.2) is 15.8 Å². The van der Waals surface area contributed by atoms with E-state index >= 15 is 0 Å². The first-order chi connectivity index (χ1) is 12.3. The highest BCUT2D eigenvalue weighted by Gasteiger charge is 2.21. The second kappa shape index (κ2) is 9.37. The third kappa shape index (κ3) is 6.61.